The van der Waals surface area contributed by atoms with E-state index in [1.54, 1.807) is 50.8 Å². The number of hydrogen-bond donors (Lipinski definition) is 1. The predicted molar refractivity (Wildman–Crippen MR) is 101 cm³/mol. The van der Waals surface area contributed by atoms with Crippen LogP contribution in [-0.2, 0) is 11.3 Å². The van der Waals surface area contributed by atoms with Gasteiger partial charge in [0.05, 0.1) is 20.8 Å². The number of nitrogens with one attached hydrogen (secondary N) is 1. The number of fused-ring (bicyclic) bond motifs is 1. The van der Waals surface area contributed by atoms with Crippen molar-refractivity contribution in [2.24, 2.45) is 0 Å². The minimum Gasteiger partial charge on any atom is -0.493 e. The van der Waals surface area contributed by atoms with Crippen LogP contribution in [0.2, 0.25) is 0 Å². The first-order valence-corrected chi connectivity index (χ1v) is 8.34. The molecule has 2 heterocycles. The maximum Gasteiger partial charge on any atom is 0.350 e. The first-order valence-electron chi connectivity index (χ1n) is 8.34. The van der Waals surface area contributed by atoms with E-state index in [0.717, 1.165) is 5.56 Å². The third kappa shape index (κ3) is 4.17. The lowest BCUT2D eigenvalue weighted by molar-refractivity contribution is -0.116. The Bertz CT molecular complexity index is 1040. The maximum absolute atomic E-state index is 12.1. The summed E-state index contributed by atoms with van der Waals surface area (Å²) in [5.41, 5.74) is 1.14. The highest BCUT2D eigenvalue weighted by atomic mass is 16.5. The largest absolute Gasteiger partial charge is 0.493 e. The normalized spacial score (nSPS) is 11.0. The Labute approximate surface area is 155 Å². The van der Waals surface area contributed by atoms with E-state index in [-0.39, 0.29) is 18.1 Å². The van der Waals surface area contributed by atoms with Crippen LogP contribution in [0.4, 0.5) is 0 Å². The van der Waals surface area contributed by atoms with Crippen LogP contribution in [0.5, 0.6) is 11.5 Å². The summed E-state index contributed by atoms with van der Waals surface area (Å²) in [6.07, 6.45) is 4.76. The van der Waals surface area contributed by atoms with Gasteiger partial charge in [-0.25, -0.2) is 9.48 Å². The van der Waals surface area contributed by atoms with Crippen LogP contribution in [-0.4, -0.2) is 40.9 Å². The van der Waals surface area contributed by atoms with Crippen LogP contribution in [0.25, 0.3) is 11.7 Å². The van der Waals surface area contributed by atoms with E-state index in [1.807, 2.05) is 12.1 Å². The van der Waals surface area contributed by atoms with Gasteiger partial charge in [-0.15, -0.1) is 5.10 Å². The number of nitrogens with zero attached hydrogens (tertiary/aromatic N) is 3. The highest BCUT2D eigenvalue weighted by Gasteiger charge is 2.06. The predicted octanol–water partition coefficient (Wildman–Crippen LogP) is 1.34. The standard InChI is InChI=1S/C19H20N4O4/c1-26-15-8-6-14(13-16(15)27-2)7-9-18(24)20-10-12-23-19(25)22-11-4-3-5-17(22)21-23/h3-9,11,13H,10,12H2,1-2H3,(H,20,24). The lowest BCUT2D eigenvalue weighted by Crippen LogP contribution is -2.30. The van der Waals surface area contributed by atoms with Gasteiger partial charge in [0.1, 0.15) is 0 Å². The molecule has 1 N–H and O–H groups in total. The molecule has 8 heteroatoms. The quantitative estimate of drug-likeness (QED) is 0.636. The number of carbonyl (C=O) groups is 1. The molecule has 0 aliphatic heterocycles. The molecule has 0 radical (unpaired) electrons. The number of rotatable bonds is 7. The van der Waals surface area contributed by atoms with Gasteiger partial charge >= 0.3 is 5.69 Å². The number of pyridine rings is 1. The average molecular weight is 368 g/mol. The molecule has 0 bridgehead atoms. The number of amides is 1. The Hall–Kier alpha value is -3.55. The average Bonchev–Trinajstić information content (AvgIpc) is 3.02. The summed E-state index contributed by atoms with van der Waals surface area (Å²) >= 11 is 0. The first-order chi connectivity index (χ1) is 13.1. The lowest BCUT2D eigenvalue weighted by atomic mass is 10.2. The van der Waals surface area contributed by atoms with Crippen molar-refractivity contribution in [2.75, 3.05) is 20.8 Å². The van der Waals surface area contributed by atoms with Crippen molar-refractivity contribution < 1.29 is 14.3 Å². The molecular weight excluding hydrogens is 348 g/mol. The highest BCUT2D eigenvalue weighted by molar-refractivity contribution is 5.91. The molecule has 3 aromatic rings. The number of ether oxygens (including phenoxy) is 2. The molecule has 3 rings (SSSR count). The summed E-state index contributed by atoms with van der Waals surface area (Å²) in [4.78, 5) is 24.1. The van der Waals surface area contributed by atoms with Crippen LogP contribution < -0.4 is 20.5 Å². The number of methoxy groups -OCH3 is 2. The highest BCUT2D eigenvalue weighted by Crippen LogP contribution is 2.27. The third-order valence-electron chi connectivity index (χ3n) is 3.95. The van der Waals surface area contributed by atoms with E-state index in [1.165, 1.54) is 15.2 Å². The molecule has 0 aliphatic rings. The second-order valence-corrected chi connectivity index (χ2v) is 5.67. The van der Waals surface area contributed by atoms with E-state index in [9.17, 15) is 9.59 Å². The van der Waals surface area contributed by atoms with E-state index in [2.05, 4.69) is 10.4 Å². The number of aromatic nitrogens is 3. The molecule has 140 valence electrons. The molecule has 2 aromatic heterocycles. The van der Waals surface area contributed by atoms with Gasteiger partial charge in [-0.3, -0.25) is 9.20 Å². The Kier molecular flexibility index (Phi) is 5.55. The van der Waals surface area contributed by atoms with Crippen LogP contribution in [0.3, 0.4) is 0 Å². The van der Waals surface area contributed by atoms with Crippen molar-refractivity contribution in [2.45, 2.75) is 6.54 Å². The summed E-state index contributed by atoms with van der Waals surface area (Å²) in [6.45, 7) is 0.579. The molecule has 0 spiro atoms. The van der Waals surface area contributed by atoms with Gasteiger partial charge in [-0.1, -0.05) is 12.1 Å². The third-order valence-corrected chi connectivity index (χ3v) is 3.95. The molecule has 0 atom stereocenters. The van der Waals surface area contributed by atoms with Gasteiger partial charge in [0, 0.05) is 18.8 Å². The summed E-state index contributed by atoms with van der Waals surface area (Å²) in [5.74, 6) is 0.949. The van der Waals surface area contributed by atoms with Crippen molar-refractivity contribution in [3.05, 3.63) is 64.7 Å². The van der Waals surface area contributed by atoms with Crippen LogP contribution in [0.1, 0.15) is 5.56 Å². The molecule has 27 heavy (non-hydrogen) atoms. The van der Waals surface area contributed by atoms with Crippen molar-refractivity contribution in [3.63, 3.8) is 0 Å². The lowest BCUT2D eigenvalue weighted by Gasteiger charge is -2.07. The van der Waals surface area contributed by atoms with Crippen LogP contribution >= 0.6 is 0 Å². The Balaban J connectivity index is 1.57. The Morgan fingerprint density at radius 2 is 2.00 bits per heavy atom. The maximum atomic E-state index is 12.1. The van der Waals surface area contributed by atoms with Gasteiger partial charge in [0.25, 0.3) is 0 Å². The first kappa shape index (κ1) is 18.2. The number of carbonyl (C=O) groups excluding carboxylic acids is 1. The van der Waals surface area contributed by atoms with Crippen LogP contribution in [0.15, 0.2) is 53.5 Å². The molecule has 0 unspecified atom stereocenters. The summed E-state index contributed by atoms with van der Waals surface area (Å²) in [7, 11) is 3.12. The van der Waals surface area contributed by atoms with Crippen molar-refractivity contribution >= 4 is 17.6 Å². The van der Waals surface area contributed by atoms with E-state index < -0.39 is 0 Å². The van der Waals surface area contributed by atoms with E-state index >= 15 is 0 Å². The fourth-order valence-corrected chi connectivity index (χ4v) is 2.59. The van der Waals surface area contributed by atoms with Gasteiger partial charge < -0.3 is 14.8 Å². The minimum atomic E-state index is -0.262. The van der Waals surface area contributed by atoms with Gasteiger partial charge in [0.15, 0.2) is 17.1 Å². The molecule has 0 fully saturated rings. The summed E-state index contributed by atoms with van der Waals surface area (Å²) in [6, 6.07) is 10.7. The Morgan fingerprint density at radius 3 is 2.74 bits per heavy atom. The molecular formula is C19H20N4O4. The monoisotopic (exact) mass is 368 g/mol. The van der Waals surface area contributed by atoms with E-state index in [0.29, 0.717) is 23.7 Å². The molecule has 0 aliphatic carbocycles. The second-order valence-electron chi connectivity index (χ2n) is 5.67. The van der Waals surface area contributed by atoms with Crippen molar-refractivity contribution in [1.29, 1.82) is 0 Å². The van der Waals surface area contributed by atoms with Gasteiger partial charge in [-0.05, 0) is 35.9 Å². The summed E-state index contributed by atoms with van der Waals surface area (Å²) in [5, 5.41) is 6.94. The molecule has 0 saturated heterocycles. The van der Waals surface area contributed by atoms with Gasteiger partial charge in [0.2, 0.25) is 5.91 Å². The smallest absolute Gasteiger partial charge is 0.350 e. The number of hydrogen-bond acceptors (Lipinski definition) is 5. The van der Waals surface area contributed by atoms with Crippen molar-refractivity contribution in [1.82, 2.24) is 19.5 Å². The number of benzene rings is 1. The fourth-order valence-electron chi connectivity index (χ4n) is 2.59. The van der Waals surface area contributed by atoms with Crippen LogP contribution in [0, 0.1) is 0 Å². The topological polar surface area (TPSA) is 86.9 Å². The zero-order valence-corrected chi connectivity index (χ0v) is 15.1. The van der Waals surface area contributed by atoms with E-state index in [4.69, 9.17) is 9.47 Å². The molecule has 0 saturated carbocycles. The Morgan fingerprint density at radius 1 is 1.19 bits per heavy atom. The molecule has 1 aromatic carbocycles. The molecule has 8 nitrogen and oxygen atoms in total. The minimum absolute atomic E-state index is 0.235. The fraction of sp³-hybridized carbons (Fsp3) is 0.211. The van der Waals surface area contributed by atoms with Gasteiger partial charge in [-0.2, -0.15) is 0 Å². The molecule has 1 amide bonds. The second kappa shape index (κ2) is 8.22. The van der Waals surface area contributed by atoms with Crippen molar-refractivity contribution in [3.8, 4) is 11.5 Å². The zero-order chi connectivity index (χ0) is 19.2. The zero-order valence-electron chi connectivity index (χ0n) is 15.1. The summed E-state index contributed by atoms with van der Waals surface area (Å²) < 4.78 is 13.2. The SMILES string of the molecule is COc1ccc(C=CC(=O)NCCn2nc3ccccn3c2=O)cc1OC.